The molecule has 0 atom stereocenters. The molecule has 4 aromatic carbocycles. The van der Waals surface area contributed by atoms with Crippen LogP contribution in [0.25, 0.3) is 0 Å². The summed E-state index contributed by atoms with van der Waals surface area (Å²) in [7, 11) is 0. The minimum absolute atomic E-state index is 0.0587. The first-order valence-corrected chi connectivity index (χ1v) is 13.9. The second-order valence-electron chi connectivity index (χ2n) is 12.9. The Bertz CT molecular complexity index is 2440. The van der Waals surface area contributed by atoms with E-state index < -0.39 is 103 Å². The number of fused-ring (bicyclic) bond motifs is 4. The minimum atomic E-state index is -2.82. The average Bonchev–Trinajstić information content (AvgIpc) is 3.30. The maximum atomic E-state index is 9.85. The van der Waals surface area contributed by atoms with Crippen molar-refractivity contribution >= 4 is 40.2 Å². The summed E-state index contributed by atoms with van der Waals surface area (Å²) in [5.74, 6) is -2.21. The van der Waals surface area contributed by atoms with Crippen molar-refractivity contribution in [2.24, 2.45) is 0 Å². The normalized spacial score (nSPS) is 25.0. The maximum Gasteiger partial charge on any atom is 0.256 e. The van der Waals surface area contributed by atoms with Crippen LogP contribution < -0.4 is 26.0 Å². The molecule has 0 N–H and O–H groups in total. The zero-order chi connectivity index (χ0) is 43.5. The Balaban J connectivity index is 1.73. The second-order valence-corrected chi connectivity index (χ2v) is 12.9. The summed E-state index contributed by atoms with van der Waals surface area (Å²) in [5.41, 5.74) is -3.20. The highest BCUT2D eigenvalue weighted by Gasteiger charge is 2.42. The Labute approximate surface area is 270 Å². The number of benzene rings is 4. The lowest BCUT2D eigenvalue weighted by Crippen LogP contribution is -2.59. The zero-order valence-electron chi connectivity index (χ0n) is 41.1. The SMILES string of the molecule is [2H]c1c([2H])c(C2C([2H])([2H])CCC2([2H])[2H])c([2H])c2c1Oc1cc(C([2H])([2H])[2H])cc3c1B2c1c([2H])c(C(C)(C)C)c([2H])c([2H])c1N3c1c([2H])c([2H])c(C(C)(C)C)c([2H])c1[2H]. The molecule has 7 rings (SSSR count). The van der Waals surface area contributed by atoms with Gasteiger partial charge in [-0.2, -0.15) is 0 Å². The molecular weight excluding hydrogens is 497 g/mol. The molecule has 3 aliphatic rings. The number of aryl methyl sites for hydroxylation is 1. The molecule has 3 heteroatoms. The third kappa shape index (κ3) is 4.40. The van der Waals surface area contributed by atoms with Crippen LogP contribution in [0.3, 0.4) is 0 Å². The quantitative estimate of drug-likeness (QED) is 0.198. The van der Waals surface area contributed by atoms with Gasteiger partial charge in [0.2, 0.25) is 0 Å². The molecule has 2 heterocycles. The molecule has 1 aliphatic carbocycles. The molecule has 0 aromatic heterocycles. The Morgan fingerprint density at radius 2 is 1.51 bits per heavy atom. The number of ether oxygens (including phenoxy) is 1. The van der Waals surface area contributed by atoms with Crippen molar-refractivity contribution in [3.05, 3.63) is 94.8 Å². The summed E-state index contributed by atoms with van der Waals surface area (Å²) in [6.45, 7) is 6.21. The van der Waals surface area contributed by atoms with Gasteiger partial charge < -0.3 is 9.64 Å². The lowest BCUT2D eigenvalue weighted by atomic mass is 9.34. The summed E-state index contributed by atoms with van der Waals surface area (Å²) in [4.78, 5) is 1.17. The van der Waals surface area contributed by atoms with Gasteiger partial charge in [0.05, 0.1) is 13.7 Å². The molecule has 4 aromatic rings. The molecule has 0 saturated heterocycles. The molecule has 2 nitrogen and oxygen atoms in total. The minimum Gasteiger partial charge on any atom is -0.458 e. The monoisotopic (exact) mass is 556 g/mol. The predicted octanol–water partition coefficient (Wildman–Crippen LogP) is 8.65. The Kier molecular flexibility index (Phi) is 3.10. The number of nitrogens with zero attached hydrogens (tertiary/aromatic N) is 1. The molecule has 0 amide bonds. The first kappa shape index (κ1) is 13.7. The third-order valence-electron chi connectivity index (χ3n) is 7.75. The molecule has 2 aliphatic heterocycles. The van der Waals surface area contributed by atoms with E-state index in [4.69, 9.17) is 18.4 Å². The van der Waals surface area contributed by atoms with Gasteiger partial charge in [0.15, 0.2) is 0 Å². The molecule has 0 spiro atoms. The van der Waals surface area contributed by atoms with E-state index in [9.17, 15) is 9.60 Å². The number of hydrogen-bond donors (Lipinski definition) is 0. The summed E-state index contributed by atoms with van der Waals surface area (Å²) in [6, 6.07) is -2.46. The Morgan fingerprint density at radius 1 is 0.805 bits per heavy atom. The van der Waals surface area contributed by atoms with Crippen LogP contribution in [0.4, 0.5) is 17.1 Å². The predicted molar refractivity (Wildman–Crippen MR) is 176 cm³/mol. The van der Waals surface area contributed by atoms with Crippen molar-refractivity contribution < 1.29 is 28.0 Å². The van der Waals surface area contributed by atoms with Crippen LogP contribution in [0.15, 0.2) is 72.6 Å². The van der Waals surface area contributed by atoms with Crippen LogP contribution in [0.1, 0.15) is 119 Å². The zero-order valence-corrected chi connectivity index (χ0v) is 24.1. The van der Waals surface area contributed by atoms with E-state index in [1.807, 2.05) is 0 Å². The van der Waals surface area contributed by atoms with Crippen LogP contribution in [-0.4, -0.2) is 6.71 Å². The van der Waals surface area contributed by atoms with E-state index in [1.165, 1.54) is 17.0 Å². The first-order valence-electron chi connectivity index (χ1n) is 22.4. The lowest BCUT2D eigenvalue weighted by molar-refractivity contribution is 0.486. The van der Waals surface area contributed by atoms with Crippen molar-refractivity contribution in [2.45, 2.75) is 90.7 Å². The van der Waals surface area contributed by atoms with Crippen molar-refractivity contribution in [2.75, 3.05) is 4.90 Å². The maximum absolute atomic E-state index is 9.85. The summed E-state index contributed by atoms with van der Waals surface area (Å²) in [6.07, 6.45) is -4.89. The largest absolute Gasteiger partial charge is 0.458 e. The molecule has 41 heavy (non-hydrogen) atoms. The van der Waals surface area contributed by atoms with E-state index in [1.54, 1.807) is 41.5 Å². The van der Waals surface area contributed by atoms with E-state index >= 15 is 0 Å². The smallest absolute Gasteiger partial charge is 0.256 e. The lowest BCUT2D eigenvalue weighted by Gasteiger charge is -2.41. The van der Waals surface area contributed by atoms with Gasteiger partial charge in [0, 0.05) is 26.7 Å². The van der Waals surface area contributed by atoms with Crippen LogP contribution in [0.2, 0.25) is 0 Å². The van der Waals surface area contributed by atoms with Gasteiger partial charge in [-0.05, 0) is 111 Å². The third-order valence-corrected chi connectivity index (χ3v) is 7.75. The molecular formula is C38H42BNO. The van der Waals surface area contributed by atoms with Crippen molar-refractivity contribution in [1.29, 1.82) is 0 Å². The van der Waals surface area contributed by atoms with Crippen LogP contribution in [-0.2, 0) is 10.8 Å². The molecule has 1 fully saturated rings. The number of hydrogen-bond acceptors (Lipinski definition) is 2. The average molecular weight is 557 g/mol. The molecule has 0 radical (unpaired) electrons. The van der Waals surface area contributed by atoms with Crippen LogP contribution in [0.5, 0.6) is 11.5 Å². The fraction of sp³-hybridized carbons (Fsp3) is 0.368. The molecule has 0 bridgehead atoms. The van der Waals surface area contributed by atoms with E-state index in [0.717, 1.165) is 0 Å². The topological polar surface area (TPSA) is 12.5 Å². The molecule has 208 valence electrons. The highest BCUT2D eigenvalue weighted by Crippen LogP contribution is 2.43. The number of rotatable bonds is 2. The van der Waals surface area contributed by atoms with Crippen molar-refractivity contribution in [3.8, 4) is 11.5 Å². The Morgan fingerprint density at radius 3 is 2.20 bits per heavy atom. The molecule has 1 saturated carbocycles. The summed E-state index contributed by atoms with van der Waals surface area (Å²) < 4.78 is 160. The van der Waals surface area contributed by atoms with E-state index in [-0.39, 0.29) is 80.4 Å². The summed E-state index contributed by atoms with van der Waals surface area (Å²) >= 11 is 0. The van der Waals surface area contributed by atoms with Crippen LogP contribution >= 0.6 is 0 Å². The highest BCUT2D eigenvalue weighted by molar-refractivity contribution is 6.99. The summed E-state index contributed by atoms with van der Waals surface area (Å²) in [5, 5.41) is 0. The van der Waals surface area contributed by atoms with Gasteiger partial charge in [-0.1, -0.05) is 90.6 Å². The van der Waals surface area contributed by atoms with E-state index in [0.29, 0.717) is 0 Å². The standard InChI is InChI=1S/C38H42BNO/c1-24-20-33-36-35(21-24)41-34-19-12-26(25-10-8-9-11-25)22-31(34)39(36)30-23-28(38(5,6)7)15-18-32(30)40(33)29-16-13-27(14-17-29)37(2,3)4/h12-23,25H,8-11H2,1-7H3/i1D3,10D2,11D2,12D,13D,14D,15D,16D,17D,18D,19D,22D,23D. The van der Waals surface area contributed by atoms with Gasteiger partial charge in [-0.15, -0.1) is 0 Å². The van der Waals surface area contributed by atoms with Gasteiger partial charge in [-0.25, -0.2) is 0 Å². The van der Waals surface area contributed by atoms with Gasteiger partial charge in [0.25, 0.3) is 6.71 Å². The number of anilines is 3. The Hall–Kier alpha value is -3.46. The van der Waals surface area contributed by atoms with E-state index in [2.05, 4.69) is 0 Å². The van der Waals surface area contributed by atoms with Crippen LogP contribution in [0, 0.1) is 6.85 Å². The molecule has 0 unspecified atom stereocenters. The van der Waals surface area contributed by atoms with Gasteiger partial charge >= 0.3 is 0 Å². The fourth-order valence-corrected chi connectivity index (χ4v) is 5.60. The van der Waals surface area contributed by atoms with Crippen molar-refractivity contribution in [3.63, 3.8) is 0 Å². The first-order chi connectivity index (χ1) is 26.4. The van der Waals surface area contributed by atoms with Gasteiger partial charge in [-0.3, -0.25) is 0 Å². The van der Waals surface area contributed by atoms with Gasteiger partial charge in [0.1, 0.15) is 11.5 Å². The second kappa shape index (κ2) is 9.28. The fourth-order valence-electron chi connectivity index (χ4n) is 5.60. The van der Waals surface area contributed by atoms with Crippen molar-refractivity contribution in [1.82, 2.24) is 0 Å². The highest BCUT2D eigenvalue weighted by atomic mass is 16.5.